The Balaban J connectivity index is 1.52. The second kappa shape index (κ2) is 7.57. The fraction of sp³-hybridized carbons (Fsp3) is 0.556. The summed E-state index contributed by atoms with van der Waals surface area (Å²) in [4.78, 5) is 2.84. The van der Waals surface area contributed by atoms with Gasteiger partial charge in [-0.2, -0.15) is 0 Å². The molecular formula is C18H25NS2. The highest BCUT2D eigenvalue weighted by Gasteiger charge is 2.18. The van der Waals surface area contributed by atoms with Gasteiger partial charge in [-0.05, 0) is 48.6 Å². The lowest BCUT2D eigenvalue weighted by Crippen LogP contribution is -2.32. The first-order valence-electron chi connectivity index (χ1n) is 8.17. The van der Waals surface area contributed by atoms with E-state index < -0.39 is 0 Å². The zero-order valence-corrected chi connectivity index (χ0v) is 14.4. The van der Waals surface area contributed by atoms with Crippen LogP contribution in [-0.4, -0.2) is 6.04 Å². The monoisotopic (exact) mass is 319 g/mol. The number of hydrogen-bond acceptors (Lipinski definition) is 3. The van der Waals surface area contributed by atoms with E-state index in [1.807, 2.05) is 22.7 Å². The summed E-state index contributed by atoms with van der Waals surface area (Å²) in [6, 6.07) is 7.33. The molecule has 1 nitrogen and oxygen atoms in total. The van der Waals surface area contributed by atoms with Crippen molar-refractivity contribution in [2.24, 2.45) is 5.92 Å². The van der Waals surface area contributed by atoms with Crippen LogP contribution in [0, 0.1) is 5.92 Å². The van der Waals surface area contributed by atoms with Crippen LogP contribution in [0.25, 0.3) is 10.4 Å². The lowest BCUT2D eigenvalue weighted by atomic mass is 9.93. The highest BCUT2D eigenvalue weighted by Crippen LogP contribution is 2.30. The third-order valence-corrected chi connectivity index (χ3v) is 6.52. The number of nitrogens with one attached hydrogen (secondary N) is 1. The number of rotatable bonds is 5. The van der Waals surface area contributed by atoms with E-state index in [2.05, 4.69) is 41.2 Å². The van der Waals surface area contributed by atoms with Gasteiger partial charge in [0.1, 0.15) is 0 Å². The Hall–Kier alpha value is -0.640. The molecule has 0 aromatic carbocycles. The van der Waals surface area contributed by atoms with Gasteiger partial charge in [0.25, 0.3) is 0 Å². The topological polar surface area (TPSA) is 12.0 Å². The van der Waals surface area contributed by atoms with Crippen LogP contribution < -0.4 is 5.32 Å². The summed E-state index contributed by atoms with van der Waals surface area (Å²) in [6.45, 7) is 3.40. The summed E-state index contributed by atoms with van der Waals surface area (Å²) < 4.78 is 0. The average molecular weight is 320 g/mol. The van der Waals surface area contributed by atoms with Crippen molar-refractivity contribution >= 4 is 22.7 Å². The minimum Gasteiger partial charge on any atom is -0.309 e. The van der Waals surface area contributed by atoms with E-state index in [4.69, 9.17) is 0 Å². The summed E-state index contributed by atoms with van der Waals surface area (Å²) in [7, 11) is 0. The van der Waals surface area contributed by atoms with Gasteiger partial charge in [0.05, 0.1) is 0 Å². The minimum atomic E-state index is 0.649. The molecule has 2 aromatic rings. The molecule has 0 bridgehead atoms. The Morgan fingerprint density at radius 1 is 1.19 bits per heavy atom. The summed E-state index contributed by atoms with van der Waals surface area (Å²) in [5, 5.41) is 8.21. The molecule has 114 valence electrons. The maximum Gasteiger partial charge on any atom is 0.0351 e. The van der Waals surface area contributed by atoms with Gasteiger partial charge in [-0.15, -0.1) is 22.7 Å². The Morgan fingerprint density at radius 3 is 2.71 bits per heavy atom. The van der Waals surface area contributed by atoms with Crippen molar-refractivity contribution in [3.8, 4) is 10.4 Å². The van der Waals surface area contributed by atoms with E-state index >= 15 is 0 Å². The second-order valence-electron chi connectivity index (χ2n) is 6.20. The van der Waals surface area contributed by atoms with Gasteiger partial charge in [-0.25, -0.2) is 0 Å². The molecule has 2 aromatic heterocycles. The maximum atomic E-state index is 3.77. The molecule has 0 spiro atoms. The molecule has 0 unspecified atom stereocenters. The van der Waals surface area contributed by atoms with Crippen LogP contribution in [-0.2, 0) is 6.54 Å². The predicted octanol–water partition coefficient (Wildman–Crippen LogP) is 5.93. The SMILES string of the molecule is C[C@@H](NCc1cc(-c2cccs2)cs1)C1CCCCCC1. The van der Waals surface area contributed by atoms with Crippen LogP contribution >= 0.6 is 22.7 Å². The summed E-state index contributed by atoms with van der Waals surface area (Å²) in [5.41, 5.74) is 1.38. The van der Waals surface area contributed by atoms with Crippen LogP contribution in [0.3, 0.4) is 0 Å². The van der Waals surface area contributed by atoms with Crippen LogP contribution in [0.15, 0.2) is 29.0 Å². The van der Waals surface area contributed by atoms with Crippen LogP contribution in [0.5, 0.6) is 0 Å². The molecule has 1 aliphatic carbocycles. The number of thiophene rings is 2. The smallest absolute Gasteiger partial charge is 0.0351 e. The molecule has 0 amide bonds. The molecule has 2 heterocycles. The third kappa shape index (κ3) is 4.18. The van der Waals surface area contributed by atoms with Crippen LogP contribution in [0.4, 0.5) is 0 Å². The summed E-state index contributed by atoms with van der Waals surface area (Å²) in [5.74, 6) is 0.879. The molecule has 3 rings (SSSR count). The minimum absolute atomic E-state index is 0.649. The highest BCUT2D eigenvalue weighted by molar-refractivity contribution is 7.14. The normalized spacial score (nSPS) is 18.5. The molecule has 1 N–H and O–H groups in total. The van der Waals surface area contributed by atoms with Gasteiger partial charge >= 0.3 is 0 Å². The zero-order valence-electron chi connectivity index (χ0n) is 12.8. The average Bonchev–Trinajstić information content (AvgIpc) is 3.11. The highest BCUT2D eigenvalue weighted by atomic mass is 32.1. The Morgan fingerprint density at radius 2 is 2.00 bits per heavy atom. The quantitative estimate of drug-likeness (QED) is 0.674. The summed E-state index contributed by atoms with van der Waals surface area (Å²) in [6.07, 6.45) is 8.57. The van der Waals surface area contributed by atoms with Crippen LogP contribution in [0.2, 0.25) is 0 Å². The van der Waals surface area contributed by atoms with E-state index in [9.17, 15) is 0 Å². The number of hydrogen-bond donors (Lipinski definition) is 1. The second-order valence-corrected chi connectivity index (χ2v) is 8.14. The van der Waals surface area contributed by atoms with Gasteiger partial charge in [0.2, 0.25) is 0 Å². The van der Waals surface area contributed by atoms with E-state index in [0.29, 0.717) is 6.04 Å². The lowest BCUT2D eigenvalue weighted by molar-refractivity contribution is 0.337. The fourth-order valence-electron chi connectivity index (χ4n) is 3.28. The third-order valence-electron chi connectivity index (χ3n) is 4.66. The molecule has 1 atom stereocenters. The van der Waals surface area contributed by atoms with E-state index in [0.717, 1.165) is 12.5 Å². The molecule has 1 fully saturated rings. The van der Waals surface area contributed by atoms with E-state index in [1.165, 1.54) is 53.8 Å². The van der Waals surface area contributed by atoms with E-state index in [1.54, 1.807) is 0 Å². The molecule has 0 aliphatic heterocycles. The van der Waals surface area contributed by atoms with Crippen molar-refractivity contribution in [2.45, 2.75) is 58.0 Å². The van der Waals surface area contributed by atoms with Gasteiger partial charge in [0.15, 0.2) is 0 Å². The van der Waals surface area contributed by atoms with Crippen LogP contribution in [0.1, 0.15) is 50.3 Å². The molecule has 0 saturated heterocycles. The Kier molecular flexibility index (Phi) is 5.50. The van der Waals surface area contributed by atoms with Gasteiger partial charge in [-0.3, -0.25) is 0 Å². The van der Waals surface area contributed by atoms with E-state index in [-0.39, 0.29) is 0 Å². The van der Waals surface area contributed by atoms with Gasteiger partial charge in [-0.1, -0.05) is 31.7 Å². The molecule has 21 heavy (non-hydrogen) atoms. The van der Waals surface area contributed by atoms with Crippen molar-refractivity contribution < 1.29 is 0 Å². The standard InChI is InChI=1S/C18H25NS2/c1-14(15-7-4-2-3-5-8-15)19-12-17-11-16(13-21-17)18-9-6-10-20-18/h6,9-11,13-15,19H,2-5,7-8,12H2,1H3/t14-/m1/s1. The first-order valence-corrected chi connectivity index (χ1v) is 9.93. The lowest BCUT2D eigenvalue weighted by Gasteiger charge is -2.23. The fourth-order valence-corrected chi connectivity index (χ4v) is 4.91. The van der Waals surface area contributed by atoms with Gasteiger partial charge in [0, 0.05) is 27.9 Å². The van der Waals surface area contributed by atoms with Crippen molar-refractivity contribution in [3.63, 3.8) is 0 Å². The first-order chi connectivity index (χ1) is 10.3. The summed E-state index contributed by atoms with van der Waals surface area (Å²) >= 11 is 3.71. The zero-order chi connectivity index (χ0) is 14.5. The molecule has 0 radical (unpaired) electrons. The molecular weight excluding hydrogens is 294 g/mol. The molecule has 1 aliphatic rings. The Labute approximate surface area is 136 Å². The molecule has 3 heteroatoms. The van der Waals surface area contributed by atoms with Gasteiger partial charge < -0.3 is 5.32 Å². The predicted molar refractivity (Wildman–Crippen MR) is 95.1 cm³/mol. The van der Waals surface area contributed by atoms with Crippen molar-refractivity contribution in [1.29, 1.82) is 0 Å². The molecule has 1 saturated carbocycles. The van der Waals surface area contributed by atoms with Crippen molar-refractivity contribution in [2.75, 3.05) is 0 Å². The first kappa shape index (κ1) is 15.3. The van der Waals surface area contributed by atoms with Crippen molar-refractivity contribution in [3.05, 3.63) is 33.8 Å². The largest absolute Gasteiger partial charge is 0.309 e. The van der Waals surface area contributed by atoms with Crippen molar-refractivity contribution in [1.82, 2.24) is 5.32 Å². The Bertz CT molecular complexity index is 521. The maximum absolute atomic E-state index is 3.77.